The van der Waals surface area contributed by atoms with Gasteiger partial charge in [0.25, 0.3) is 0 Å². The summed E-state index contributed by atoms with van der Waals surface area (Å²) >= 11 is 21.2. The van der Waals surface area contributed by atoms with Gasteiger partial charge in [0.15, 0.2) is 0 Å². The van der Waals surface area contributed by atoms with Crippen LogP contribution < -0.4 is 0 Å². The van der Waals surface area contributed by atoms with Crippen LogP contribution >= 0.6 is 57.5 Å². The number of rotatable bonds is 2. The Labute approximate surface area is 132 Å². The molecule has 0 nitrogen and oxygen atoms in total. The van der Waals surface area contributed by atoms with Gasteiger partial charge >= 0.3 is 0 Å². The fourth-order valence-corrected chi connectivity index (χ4v) is 4.94. The summed E-state index contributed by atoms with van der Waals surface area (Å²) in [5.41, 5.74) is 0.797. The van der Waals surface area contributed by atoms with Crippen molar-refractivity contribution in [3.8, 4) is 0 Å². The van der Waals surface area contributed by atoms with Gasteiger partial charge in [0.1, 0.15) is 5.82 Å². The maximum Gasteiger partial charge on any atom is 0.124 e. The highest BCUT2D eigenvalue weighted by Gasteiger charge is 2.19. The van der Waals surface area contributed by atoms with E-state index in [1.54, 1.807) is 12.1 Å². The summed E-state index contributed by atoms with van der Waals surface area (Å²) in [5.74, 6) is -0.247. The maximum absolute atomic E-state index is 13.2. The lowest BCUT2D eigenvalue weighted by molar-refractivity contribution is 0.630. The molecular formula is C13H6Cl3FS2. The second kappa shape index (κ2) is 5.23. The van der Waals surface area contributed by atoms with Gasteiger partial charge in [0.05, 0.1) is 14.0 Å². The van der Waals surface area contributed by atoms with Crippen LogP contribution in [0.4, 0.5) is 4.39 Å². The number of hydrogen-bond donors (Lipinski definition) is 0. The number of alkyl halides is 1. The van der Waals surface area contributed by atoms with E-state index in [-0.39, 0.29) is 11.2 Å². The lowest BCUT2D eigenvalue weighted by atomic mass is 10.2. The molecule has 1 atom stereocenters. The summed E-state index contributed by atoms with van der Waals surface area (Å²) in [6.45, 7) is 0. The van der Waals surface area contributed by atoms with Crippen molar-refractivity contribution in [2.75, 3.05) is 0 Å². The van der Waals surface area contributed by atoms with Gasteiger partial charge in [-0.05, 0) is 29.7 Å². The standard InChI is InChI=1S/C13H6Cl3FS2/c14-11-5-8(13(16)19-11)12(15)10-3-6-1-2-7(17)4-9(6)18-10/h1-5,12H. The van der Waals surface area contributed by atoms with E-state index < -0.39 is 0 Å². The summed E-state index contributed by atoms with van der Waals surface area (Å²) in [6.07, 6.45) is 0. The molecule has 0 N–H and O–H groups in total. The predicted octanol–water partition coefficient (Wildman–Crippen LogP) is 6.74. The smallest absolute Gasteiger partial charge is 0.124 e. The SMILES string of the molecule is Fc1ccc2cc(C(Cl)c3cc(Cl)sc3Cl)sc2c1. The highest BCUT2D eigenvalue weighted by atomic mass is 35.5. The summed E-state index contributed by atoms with van der Waals surface area (Å²) in [6, 6.07) is 8.43. The van der Waals surface area contributed by atoms with Crippen molar-refractivity contribution in [1.82, 2.24) is 0 Å². The zero-order valence-electron chi connectivity index (χ0n) is 9.29. The highest BCUT2D eigenvalue weighted by molar-refractivity contribution is 7.20. The van der Waals surface area contributed by atoms with E-state index in [0.29, 0.717) is 8.67 Å². The minimum atomic E-state index is -0.364. The number of halogens is 4. The normalized spacial score (nSPS) is 13.1. The van der Waals surface area contributed by atoms with Gasteiger partial charge < -0.3 is 0 Å². The molecule has 98 valence electrons. The Morgan fingerprint density at radius 1 is 1.05 bits per heavy atom. The number of hydrogen-bond acceptors (Lipinski definition) is 2. The topological polar surface area (TPSA) is 0 Å². The molecule has 3 aromatic rings. The zero-order valence-corrected chi connectivity index (χ0v) is 13.2. The minimum absolute atomic E-state index is 0.247. The van der Waals surface area contributed by atoms with Crippen LogP contribution in [0.2, 0.25) is 8.67 Å². The summed E-state index contributed by atoms with van der Waals surface area (Å²) in [7, 11) is 0. The zero-order chi connectivity index (χ0) is 13.6. The summed E-state index contributed by atoms with van der Waals surface area (Å²) in [4.78, 5) is 0.929. The van der Waals surface area contributed by atoms with Crippen LogP contribution in [0, 0.1) is 5.82 Å². The van der Waals surface area contributed by atoms with Gasteiger partial charge in [-0.15, -0.1) is 34.3 Å². The van der Waals surface area contributed by atoms with Gasteiger partial charge in [-0.1, -0.05) is 29.3 Å². The van der Waals surface area contributed by atoms with Crippen molar-refractivity contribution in [3.63, 3.8) is 0 Å². The first kappa shape index (κ1) is 13.7. The van der Waals surface area contributed by atoms with Crippen LogP contribution in [0.25, 0.3) is 10.1 Å². The molecule has 0 aliphatic rings. The Bertz CT molecular complexity index is 748. The molecule has 1 unspecified atom stereocenters. The average molecular weight is 352 g/mol. The number of fused-ring (bicyclic) bond motifs is 1. The van der Waals surface area contributed by atoms with E-state index in [1.165, 1.54) is 34.8 Å². The molecular weight excluding hydrogens is 346 g/mol. The van der Waals surface area contributed by atoms with Gasteiger partial charge in [0.2, 0.25) is 0 Å². The predicted molar refractivity (Wildman–Crippen MR) is 83.8 cm³/mol. The molecule has 19 heavy (non-hydrogen) atoms. The maximum atomic E-state index is 13.2. The van der Waals surface area contributed by atoms with Crippen LogP contribution in [-0.2, 0) is 0 Å². The Kier molecular flexibility index (Phi) is 3.76. The summed E-state index contributed by atoms with van der Waals surface area (Å²) in [5, 5.41) is 0.612. The second-order valence-corrected chi connectivity index (χ2v) is 7.81. The van der Waals surface area contributed by atoms with Gasteiger partial charge in [-0.2, -0.15) is 0 Å². The molecule has 6 heteroatoms. The van der Waals surface area contributed by atoms with E-state index in [4.69, 9.17) is 34.8 Å². The van der Waals surface area contributed by atoms with Crippen molar-refractivity contribution < 1.29 is 4.39 Å². The largest absolute Gasteiger partial charge is 0.207 e. The third kappa shape index (κ3) is 2.63. The quantitative estimate of drug-likeness (QED) is 0.449. The van der Waals surface area contributed by atoms with E-state index in [0.717, 1.165) is 20.5 Å². The Morgan fingerprint density at radius 3 is 2.53 bits per heavy atom. The molecule has 0 amide bonds. The summed E-state index contributed by atoms with van der Waals surface area (Å²) < 4.78 is 15.2. The van der Waals surface area contributed by atoms with E-state index in [1.807, 2.05) is 6.07 Å². The van der Waals surface area contributed by atoms with Crippen LogP contribution in [0.3, 0.4) is 0 Å². The van der Waals surface area contributed by atoms with Crippen molar-refractivity contribution in [3.05, 3.63) is 55.3 Å². The molecule has 0 radical (unpaired) electrons. The van der Waals surface area contributed by atoms with Crippen molar-refractivity contribution in [1.29, 1.82) is 0 Å². The first-order valence-corrected chi connectivity index (χ1v) is 8.15. The fraction of sp³-hybridized carbons (Fsp3) is 0.0769. The highest BCUT2D eigenvalue weighted by Crippen LogP contribution is 2.43. The average Bonchev–Trinajstić information content (AvgIpc) is 2.91. The lowest BCUT2D eigenvalue weighted by Crippen LogP contribution is -1.87. The monoisotopic (exact) mass is 350 g/mol. The van der Waals surface area contributed by atoms with Crippen LogP contribution in [0.5, 0.6) is 0 Å². The molecule has 0 spiro atoms. The third-order valence-corrected chi connectivity index (χ3v) is 5.99. The van der Waals surface area contributed by atoms with Gasteiger partial charge in [0, 0.05) is 15.1 Å². The van der Waals surface area contributed by atoms with Crippen LogP contribution in [-0.4, -0.2) is 0 Å². The van der Waals surface area contributed by atoms with Crippen LogP contribution in [0.15, 0.2) is 30.3 Å². The third-order valence-electron chi connectivity index (χ3n) is 2.71. The molecule has 0 aliphatic heterocycles. The van der Waals surface area contributed by atoms with Gasteiger partial charge in [-0.25, -0.2) is 4.39 Å². The molecule has 0 saturated heterocycles. The molecule has 2 heterocycles. The molecule has 3 rings (SSSR count). The molecule has 0 aliphatic carbocycles. The first-order valence-electron chi connectivity index (χ1n) is 5.32. The molecule has 0 saturated carbocycles. The Balaban J connectivity index is 2.06. The van der Waals surface area contributed by atoms with Crippen molar-refractivity contribution >= 4 is 67.6 Å². The lowest BCUT2D eigenvalue weighted by Gasteiger charge is -2.04. The Hall–Kier alpha value is -0.320. The fourth-order valence-electron chi connectivity index (χ4n) is 1.83. The molecule has 1 aromatic carbocycles. The first-order chi connectivity index (χ1) is 9.04. The Morgan fingerprint density at radius 2 is 1.84 bits per heavy atom. The van der Waals surface area contributed by atoms with Crippen molar-refractivity contribution in [2.24, 2.45) is 0 Å². The second-order valence-electron chi connectivity index (χ2n) is 3.97. The van der Waals surface area contributed by atoms with E-state index in [2.05, 4.69) is 0 Å². The van der Waals surface area contributed by atoms with Crippen molar-refractivity contribution in [2.45, 2.75) is 5.38 Å². The molecule has 0 fully saturated rings. The van der Waals surface area contributed by atoms with E-state index in [9.17, 15) is 4.39 Å². The van der Waals surface area contributed by atoms with Gasteiger partial charge in [-0.3, -0.25) is 0 Å². The van der Waals surface area contributed by atoms with Crippen LogP contribution in [0.1, 0.15) is 15.8 Å². The number of benzene rings is 1. The number of thiophene rings is 2. The minimum Gasteiger partial charge on any atom is -0.207 e. The molecule has 2 aromatic heterocycles. The molecule has 0 bridgehead atoms. The van der Waals surface area contributed by atoms with E-state index >= 15 is 0 Å².